The van der Waals surface area contributed by atoms with E-state index in [4.69, 9.17) is 10.5 Å². The van der Waals surface area contributed by atoms with Gasteiger partial charge in [0.05, 0.1) is 5.39 Å². The SMILES string of the molecule is Nc1n[nH]c2c(OCC(NS(=O)(=O)CF)(NS(=O)(=O)CF)NS(=O)(=O)CF)ccc(I)c12. The van der Waals surface area contributed by atoms with Crippen molar-refractivity contribution in [2.45, 2.75) is 5.79 Å². The molecule has 0 saturated heterocycles. The highest BCUT2D eigenvalue weighted by atomic mass is 127. The number of sulfonamides is 3. The predicted molar refractivity (Wildman–Crippen MR) is 116 cm³/mol. The van der Waals surface area contributed by atoms with Gasteiger partial charge in [-0.1, -0.05) is 0 Å². The van der Waals surface area contributed by atoms with Crippen LogP contribution in [0.4, 0.5) is 19.0 Å². The van der Waals surface area contributed by atoms with Crippen LogP contribution in [0.2, 0.25) is 0 Å². The van der Waals surface area contributed by atoms with Crippen molar-refractivity contribution in [3.05, 3.63) is 15.7 Å². The normalized spacial score (nSPS) is 13.5. The Labute approximate surface area is 193 Å². The van der Waals surface area contributed by atoms with Gasteiger partial charge in [-0.2, -0.15) is 19.3 Å². The third-order valence-electron chi connectivity index (χ3n) is 3.52. The molecule has 0 radical (unpaired) electrons. The minimum absolute atomic E-state index is 0.0514. The molecule has 6 N–H and O–H groups in total. The van der Waals surface area contributed by atoms with Crippen molar-refractivity contribution in [1.29, 1.82) is 0 Å². The number of nitrogens with zero attached hydrogens (tertiary/aromatic N) is 1. The van der Waals surface area contributed by atoms with Gasteiger partial charge in [0.2, 0.25) is 48.1 Å². The maximum atomic E-state index is 12.9. The lowest BCUT2D eigenvalue weighted by molar-refractivity contribution is 0.179. The first-order chi connectivity index (χ1) is 14.7. The van der Waals surface area contributed by atoms with Crippen LogP contribution in [0.15, 0.2) is 12.1 Å². The van der Waals surface area contributed by atoms with Crippen molar-refractivity contribution < 1.29 is 43.2 Å². The number of fused-ring (bicyclic) bond motifs is 1. The van der Waals surface area contributed by atoms with E-state index in [1.165, 1.54) is 26.3 Å². The number of nitrogen functional groups attached to an aromatic ring is 1. The summed E-state index contributed by atoms with van der Waals surface area (Å²) < 4.78 is 120. The van der Waals surface area contributed by atoms with Gasteiger partial charge in [0.25, 0.3) is 0 Å². The van der Waals surface area contributed by atoms with Crippen LogP contribution in [0.1, 0.15) is 0 Å². The van der Waals surface area contributed by atoms with Crippen molar-refractivity contribution in [2.24, 2.45) is 0 Å². The van der Waals surface area contributed by atoms with Crippen molar-refractivity contribution in [2.75, 3.05) is 30.4 Å². The van der Waals surface area contributed by atoms with Crippen LogP contribution in [-0.4, -0.2) is 65.9 Å². The Hall–Kier alpha value is -1.46. The van der Waals surface area contributed by atoms with Crippen molar-refractivity contribution in [3.8, 4) is 5.75 Å². The Morgan fingerprint density at radius 1 is 0.969 bits per heavy atom. The molecule has 0 aliphatic rings. The number of aromatic nitrogens is 2. The van der Waals surface area contributed by atoms with Gasteiger partial charge in [-0.05, 0) is 34.7 Å². The fraction of sp³-hybridized carbons (Fsp3) is 0.417. The Kier molecular flexibility index (Phi) is 8.21. The van der Waals surface area contributed by atoms with E-state index in [0.717, 1.165) is 0 Å². The predicted octanol–water partition coefficient (Wildman–Crippen LogP) is -0.678. The maximum Gasteiger partial charge on any atom is 0.243 e. The molecule has 20 heteroatoms. The number of nitrogens with two attached hydrogens (primary N) is 1. The largest absolute Gasteiger partial charge is 0.486 e. The molecule has 2 rings (SSSR count). The molecule has 0 atom stereocenters. The second kappa shape index (κ2) is 9.80. The first-order valence-electron chi connectivity index (χ1n) is 7.96. The van der Waals surface area contributed by atoms with Crippen LogP contribution in [0.5, 0.6) is 5.75 Å². The molecule has 182 valence electrons. The van der Waals surface area contributed by atoms with E-state index >= 15 is 0 Å². The standard InChI is InChI=1S/C12H16F3IN6O7S3/c13-4-30(23,24)20-12(21-31(25,26)5-14,22-32(27,28)6-15)3-29-8-2-1-7(16)9-10(8)18-19-11(9)17/h1-2,20-22H,3-6H2,(H3,17,18,19). The van der Waals surface area contributed by atoms with E-state index in [-0.39, 0.29) is 17.1 Å². The monoisotopic (exact) mass is 636 g/mol. The Balaban J connectivity index is 2.59. The number of halogens is 4. The number of ether oxygens (including phenoxy) is 1. The van der Waals surface area contributed by atoms with Gasteiger partial charge < -0.3 is 10.5 Å². The molecule has 0 spiro atoms. The van der Waals surface area contributed by atoms with E-state index in [1.807, 2.05) is 22.6 Å². The Morgan fingerprint density at radius 2 is 1.44 bits per heavy atom. The van der Waals surface area contributed by atoms with Gasteiger partial charge in [0, 0.05) is 3.57 Å². The average Bonchev–Trinajstić information content (AvgIpc) is 3.09. The van der Waals surface area contributed by atoms with E-state index in [2.05, 4.69) is 10.2 Å². The van der Waals surface area contributed by atoms with E-state index in [0.29, 0.717) is 8.96 Å². The molecule has 2 aromatic rings. The number of aromatic amines is 1. The summed E-state index contributed by atoms with van der Waals surface area (Å²) in [5.74, 6) is -3.23. The average molecular weight is 636 g/mol. The van der Waals surface area contributed by atoms with Gasteiger partial charge in [-0.15, -0.1) is 0 Å². The van der Waals surface area contributed by atoms with Crippen LogP contribution < -0.4 is 24.6 Å². The smallest absolute Gasteiger partial charge is 0.243 e. The number of H-pyrrole nitrogens is 1. The minimum Gasteiger partial charge on any atom is -0.486 e. The van der Waals surface area contributed by atoms with Crippen LogP contribution in [0.25, 0.3) is 10.9 Å². The molecular weight excluding hydrogens is 620 g/mol. The van der Waals surface area contributed by atoms with Crippen LogP contribution in [0.3, 0.4) is 0 Å². The number of anilines is 1. The van der Waals surface area contributed by atoms with E-state index < -0.39 is 60.5 Å². The lowest BCUT2D eigenvalue weighted by Crippen LogP contribution is -2.73. The molecule has 1 aromatic carbocycles. The molecular formula is C12H16F3IN6O7S3. The molecule has 0 amide bonds. The van der Waals surface area contributed by atoms with Gasteiger partial charge in [-0.25, -0.2) is 38.4 Å². The second-order valence-electron chi connectivity index (χ2n) is 6.08. The van der Waals surface area contributed by atoms with Crippen molar-refractivity contribution in [1.82, 2.24) is 24.4 Å². The topological polar surface area (TPSA) is 202 Å². The van der Waals surface area contributed by atoms with Crippen LogP contribution >= 0.6 is 22.6 Å². The summed E-state index contributed by atoms with van der Waals surface area (Å²) in [7, 11) is -15.1. The minimum atomic E-state index is -5.02. The number of hydrogen-bond acceptors (Lipinski definition) is 9. The zero-order valence-electron chi connectivity index (χ0n) is 15.6. The molecule has 0 bridgehead atoms. The van der Waals surface area contributed by atoms with Gasteiger partial charge in [-0.3, -0.25) is 5.10 Å². The van der Waals surface area contributed by atoms with Gasteiger partial charge >= 0.3 is 0 Å². The molecule has 0 unspecified atom stereocenters. The lowest BCUT2D eigenvalue weighted by Gasteiger charge is -2.33. The van der Waals surface area contributed by atoms with Crippen molar-refractivity contribution in [3.63, 3.8) is 0 Å². The first kappa shape index (κ1) is 26.8. The summed E-state index contributed by atoms with van der Waals surface area (Å²) >= 11 is 1.91. The molecule has 32 heavy (non-hydrogen) atoms. The molecule has 1 heterocycles. The number of hydrogen-bond donors (Lipinski definition) is 5. The number of rotatable bonds is 12. The van der Waals surface area contributed by atoms with Gasteiger partial charge in [0.1, 0.15) is 17.9 Å². The van der Waals surface area contributed by atoms with Gasteiger partial charge in [0.15, 0.2) is 11.6 Å². The zero-order chi connectivity index (χ0) is 24.4. The number of benzene rings is 1. The summed E-state index contributed by atoms with van der Waals surface area (Å²) in [6.07, 6.45) is 0. The van der Waals surface area contributed by atoms with E-state index in [9.17, 15) is 38.4 Å². The molecule has 0 saturated carbocycles. The summed E-state index contributed by atoms with van der Waals surface area (Å²) in [6.45, 7) is -1.26. The van der Waals surface area contributed by atoms with Crippen LogP contribution in [0, 0.1) is 3.57 Å². The Bertz CT molecular complexity index is 1210. The third kappa shape index (κ3) is 6.54. The fourth-order valence-electron chi connectivity index (χ4n) is 2.43. The summed E-state index contributed by atoms with van der Waals surface area (Å²) in [6, 6.07) is -3.60. The molecule has 0 aliphatic carbocycles. The van der Waals surface area contributed by atoms with E-state index in [1.54, 1.807) is 0 Å². The summed E-state index contributed by atoms with van der Waals surface area (Å²) in [4.78, 5) is 0. The highest BCUT2D eigenvalue weighted by molar-refractivity contribution is 14.1. The first-order valence-corrected chi connectivity index (χ1v) is 14.0. The summed E-state index contributed by atoms with van der Waals surface area (Å²) in [5.41, 5.74) is 5.88. The molecule has 13 nitrogen and oxygen atoms in total. The Morgan fingerprint density at radius 3 is 1.88 bits per heavy atom. The lowest BCUT2D eigenvalue weighted by atomic mass is 10.2. The molecule has 1 aromatic heterocycles. The molecule has 0 fully saturated rings. The zero-order valence-corrected chi connectivity index (χ0v) is 20.2. The fourth-order valence-corrected chi connectivity index (χ4v) is 5.59. The summed E-state index contributed by atoms with van der Waals surface area (Å²) in [5, 5.41) is 6.64. The highest BCUT2D eigenvalue weighted by Crippen LogP contribution is 2.31. The third-order valence-corrected chi connectivity index (χ3v) is 7.26. The number of nitrogens with one attached hydrogen (secondary N) is 4. The quantitative estimate of drug-likeness (QED) is 0.148. The number of alkyl halides is 3. The maximum absolute atomic E-state index is 12.9. The second-order valence-corrected chi connectivity index (χ2v) is 12.2. The highest BCUT2D eigenvalue weighted by Gasteiger charge is 2.43. The molecule has 0 aliphatic heterocycles. The van der Waals surface area contributed by atoms with Crippen molar-refractivity contribution >= 4 is 69.4 Å². The van der Waals surface area contributed by atoms with Crippen LogP contribution in [-0.2, 0) is 30.1 Å².